The Morgan fingerprint density at radius 3 is 3.00 bits per heavy atom. The molecule has 0 unspecified atom stereocenters. The molecule has 0 saturated heterocycles. The summed E-state index contributed by atoms with van der Waals surface area (Å²) in [4.78, 5) is 0. The van der Waals surface area contributed by atoms with E-state index in [1.54, 1.807) is 0 Å². The van der Waals surface area contributed by atoms with Crippen molar-refractivity contribution in [2.24, 2.45) is 5.92 Å². The first-order chi connectivity index (χ1) is 6.95. The fourth-order valence-electron chi connectivity index (χ4n) is 1.77. The van der Waals surface area contributed by atoms with Crippen LogP contribution in [0.4, 0.5) is 0 Å². The van der Waals surface area contributed by atoms with E-state index in [1.165, 1.54) is 50.6 Å². The van der Waals surface area contributed by atoms with Crippen LogP contribution in [0.1, 0.15) is 38.5 Å². The van der Waals surface area contributed by atoms with Gasteiger partial charge in [0.15, 0.2) is 0 Å². The van der Waals surface area contributed by atoms with Gasteiger partial charge < -0.3 is 5.32 Å². The van der Waals surface area contributed by atoms with Crippen LogP contribution in [0.5, 0.6) is 0 Å². The van der Waals surface area contributed by atoms with E-state index in [2.05, 4.69) is 23.2 Å². The zero-order chi connectivity index (χ0) is 9.64. The van der Waals surface area contributed by atoms with E-state index in [4.69, 9.17) is 0 Å². The molecule has 1 N–H and O–H groups in total. The molecule has 76 valence electrons. The average Bonchev–Trinajstić information content (AvgIpc) is 3.03. The monoisotopic (exact) mass is 189 g/mol. The average molecular weight is 189 g/mol. The normalized spacial score (nSPS) is 21.0. The van der Waals surface area contributed by atoms with Crippen LogP contribution in [0.2, 0.25) is 0 Å². The third-order valence-electron chi connectivity index (χ3n) is 2.88. The van der Waals surface area contributed by atoms with E-state index in [-0.39, 0.29) is 0 Å². The van der Waals surface area contributed by atoms with Crippen LogP contribution in [0.15, 0.2) is 11.6 Å². The van der Waals surface area contributed by atoms with Gasteiger partial charge in [-0.2, -0.15) is 0 Å². The van der Waals surface area contributed by atoms with Crippen molar-refractivity contribution in [3.05, 3.63) is 11.6 Å². The van der Waals surface area contributed by atoms with Crippen LogP contribution in [0.3, 0.4) is 0 Å². The summed E-state index contributed by atoms with van der Waals surface area (Å²) in [5, 5.41) is 3.39. The zero-order valence-electron chi connectivity index (χ0n) is 8.81. The highest BCUT2D eigenvalue weighted by atomic mass is 14.9. The van der Waals surface area contributed by atoms with Crippen LogP contribution in [0, 0.1) is 17.8 Å². The molecule has 2 rings (SSSR count). The number of hydrogen-bond donors (Lipinski definition) is 1. The summed E-state index contributed by atoms with van der Waals surface area (Å²) < 4.78 is 0. The second-order valence-electron chi connectivity index (χ2n) is 4.35. The Balaban J connectivity index is 1.62. The third-order valence-corrected chi connectivity index (χ3v) is 2.88. The lowest BCUT2D eigenvalue weighted by Crippen LogP contribution is -2.16. The number of allylic oxidation sites excluding steroid dienone is 2. The van der Waals surface area contributed by atoms with E-state index < -0.39 is 0 Å². The van der Waals surface area contributed by atoms with Crippen molar-refractivity contribution in [3.63, 3.8) is 0 Å². The first-order valence-electron chi connectivity index (χ1n) is 5.84. The van der Waals surface area contributed by atoms with Gasteiger partial charge in [-0.15, -0.1) is 0 Å². The Labute approximate surface area is 87.0 Å². The Hall–Kier alpha value is -0.740. The second kappa shape index (κ2) is 5.22. The molecular weight excluding hydrogens is 170 g/mol. The SMILES string of the molecule is C(#CC1=CCCCC1)CNCC1CC1. The molecule has 0 aromatic heterocycles. The zero-order valence-corrected chi connectivity index (χ0v) is 8.81. The molecule has 0 heterocycles. The van der Waals surface area contributed by atoms with Crippen molar-refractivity contribution in [2.45, 2.75) is 38.5 Å². The summed E-state index contributed by atoms with van der Waals surface area (Å²) in [5.74, 6) is 7.44. The molecule has 0 bridgehead atoms. The highest BCUT2D eigenvalue weighted by Gasteiger charge is 2.19. The Kier molecular flexibility index (Phi) is 3.65. The van der Waals surface area contributed by atoms with Crippen LogP contribution >= 0.6 is 0 Å². The number of hydrogen-bond acceptors (Lipinski definition) is 1. The van der Waals surface area contributed by atoms with E-state index in [1.807, 2.05) is 0 Å². The Morgan fingerprint density at radius 1 is 1.36 bits per heavy atom. The molecule has 14 heavy (non-hydrogen) atoms. The van der Waals surface area contributed by atoms with E-state index in [0.29, 0.717) is 0 Å². The smallest absolute Gasteiger partial charge is 0.0580 e. The minimum absolute atomic E-state index is 0.869. The predicted octanol–water partition coefficient (Wildman–Crippen LogP) is 2.49. The molecule has 0 aromatic carbocycles. The molecule has 0 atom stereocenters. The van der Waals surface area contributed by atoms with Crippen molar-refractivity contribution in [1.29, 1.82) is 0 Å². The largest absolute Gasteiger partial charge is 0.306 e. The van der Waals surface area contributed by atoms with Gasteiger partial charge in [0.25, 0.3) is 0 Å². The maximum Gasteiger partial charge on any atom is 0.0580 e. The minimum atomic E-state index is 0.869. The molecule has 0 radical (unpaired) electrons. The maximum absolute atomic E-state index is 3.39. The van der Waals surface area contributed by atoms with Gasteiger partial charge in [0.2, 0.25) is 0 Å². The molecule has 2 aliphatic carbocycles. The van der Waals surface area contributed by atoms with E-state index in [9.17, 15) is 0 Å². The summed E-state index contributed by atoms with van der Waals surface area (Å²) in [5.41, 5.74) is 1.37. The van der Waals surface area contributed by atoms with Crippen molar-refractivity contribution in [1.82, 2.24) is 5.32 Å². The van der Waals surface area contributed by atoms with Gasteiger partial charge in [-0.3, -0.25) is 0 Å². The van der Waals surface area contributed by atoms with Gasteiger partial charge in [0.05, 0.1) is 6.54 Å². The molecule has 0 aromatic rings. The van der Waals surface area contributed by atoms with Gasteiger partial charge in [-0.05, 0) is 56.6 Å². The molecule has 1 heteroatoms. The summed E-state index contributed by atoms with van der Waals surface area (Å²) in [6.45, 7) is 2.04. The van der Waals surface area contributed by atoms with Crippen molar-refractivity contribution in [3.8, 4) is 11.8 Å². The molecule has 0 amide bonds. The summed E-state index contributed by atoms with van der Waals surface area (Å²) in [6, 6.07) is 0. The first kappa shape index (κ1) is 9.80. The van der Waals surface area contributed by atoms with E-state index in [0.717, 1.165) is 12.5 Å². The lowest BCUT2D eigenvalue weighted by molar-refractivity contribution is 0.688. The Morgan fingerprint density at radius 2 is 2.29 bits per heavy atom. The first-order valence-corrected chi connectivity index (χ1v) is 5.84. The van der Waals surface area contributed by atoms with Crippen LogP contribution in [-0.2, 0) is 0 Å². The van der Waals surface area contributed by atoms with Crippen LogP contribution in [-0.4, -0.2) is 13.1 Å². The molecule has 0 spiro atoms. The lowest BCUT2D eigenvalue weighted by Gasteiger charge is -2.05. The molecular formula is C13H19N. The second-order valence-corrected chi connectivity index (χ2v) is 4.35. The van der Waals surface area contributed by atoms with Gasteiger partial charge in [0.1, 0.15) is 0 Å². The van der Waals surface area contributed by atoms with Crippen LogP contribution in [0.25, 0.3) is 0 Å². The number of nitrogens with one attached hydrogen (secondary N) is 1. The summed E-state index contributed by atoms with van der Waals surface area (Å²) in [7, 11) is 0. The molecule has 0 aliphatic heterocycles. The van der Waals surface area contributed by atoms with Crippen LogP contribution < -0.4 is 5.32 Å². The highest BCUT2D eigenvalue weighted by molar-refractivity contribution is 5.29. The van der Waals surface area contributed by atoms with Gasteiger partial charge in [-0.1, -0.05) is 17.9 Å². The van der Waals surface area contributed by atoms with Gasteiger partial charge in [0, 0.05) is 0 Å². The Bertz CT molecular complexity index is 263. The third kappa shape index (κ3) is 3.55. The van der Waals surface area contributed by atoms with Crippen molar-refractivity contribution in [2.75, 3.05) is 13.1 Å². The predicted molar refractivity (Wildman–Crippen MR) is 59.9 cm³/mol. The quantitative estimate of drug-likeness (QED) is 0.531. The lowest BCUT2D eigenvalue weighted by atomic mass is 10.0. The topological polar surface area (TPSA) is 12.0 Å². The summed E-state index contributed by atoms with van der Waals surface area (Å²) >= 11 is 0. The van der Waals surface area contributed by atoms with Gasteiger partial charge >= 0.3 is 0 Å². The standard InChI is InChI=1S/C13H19N/c1-2-5-12(6-3-1)7-4-10-14-11-13-8-9-13/h5,13-14H,1-3,6,8-11H2. The fraction of sp³-hybridized carbons (Fsp3) is 0.692. The van der Waals surface area contributed by atoms with Crippen molar-refractivity contribution < 1.29 is 0 Å². The van der Waals surface area contributed by atoms with Crippen molar-refractivity contribution >= 4 is 0 Å². The fourth-order valence-corrected chi connectivity index (χ4v) is 1.77. The van der Waals surface area contributed by atoms with Gasteiger partial charge in [-0.25, -0.2) is 0 Å². The molecule has 2 aliphatic rings. The highest BCUT2D eigenvalue weighted by Crippen LogP contribution is 2.27. The molecule has 1 saturated carbocycles. The summed E-state index contributed by atoms with van der Waals surface area (Å²) in [6.07, 6.45) is 10.3. The van der Waals surface area contributed by atoms with E-state index >= 15 is 0 Å². The molecule has 1 nitrogen and oxygen atoms in total. The maximum atomic E-state index is 3.39. The number of rotatable bonds is 3. The minimum Gasteiger partial charge on any atom is -0.306 e. The molecule has 1 fully saturated rings.